The van der Waals surface area contributed by atoms with Crippen LogP contribution in [0.25, 0.3) is 0 Å². The summed E-state index contributed by atoms with van der Waals surface area (Å²) in [6, 6.07) is 7.23. The summed E-state index contributed by atoms with van der Waals surface area (Å²) in [6.45, 7) is 0.722. The summed E-state index contributed by atoms with van der Waals surface area (Å²) in [5, 5.41) is 11.3. The molecular weight excluding hydrogens is 254 g/mol. The second-order valence-corrected chi connectivity index (χ2v) is 4.89. The van der Waals surface area contributed by atoms with E-state index in [-0.39, 0.29) is 11.9 Å². The molecule has 0 bridgehead atoms. The molecule has 1 aliphatic rings. The van der Waals surface area contributed by atoms with Crippen LogP contribution in [0.4, 0.5) is 0 Å². The Hall–Kier alpha value is -2.43. The summed E-state index contributed by atoms with van der Waals surface area (Å²) < 4.78 is 0.657. The molecule has 20 heavy (non-hydrogen) atoms. The van der Waals surface area contributed by atoms with E-state index >= 15 is 0 Å². The molecule has 0 radical (unpaired) electrons. The van der Waals surface area contributed by atoms with Crippen molar-refractivity contribution < 1.29 is 9.52 Å². The fraction of sp³-hybridized carbons (Fsp3) is 0.267. The number of nitrogens with zero attached hydrogens (tertiary/aromatic N) is 3. The molecular formula is C15H15N3O2. The summed E-state index contributed by atoms with van der Waals surface area (Å²) in [6.07, 6.45) is 8.10. The molecule has 0 spiro atoms. The number of hydrogen-bond acceptors (Lipinski definition) is 3. The molecule has 1 fully saturated rings. The Kier molecular flexibility index (Phi) is 3.33. The van der Waals surface area contributed by atoms with E-state index < -0.39 is 0 Å². The lowest BCUT2D eigenvalue weighted by molar-refractivity contribution is -0.605. The van der Waals surface area contributed by atoms with Crippen molar-refractivity contribution in [2.75, 3.05) is 6.54 Å². The number of rotatable bonds is 2. The number of pyridine rings is 2. The molecule has 5 heteroatoms. The van der Waals surface area contributed by atoms with E-state index in [1.807, 2.05) is 17.0 Å². The van der Waals surface area contributed by atoms with E-state index in [1.54, 1.807) is 24.5 Å². The fourth-order valence-electron chi connectivity index (χ4n) is 2.69. The van der Waals surface area contributed by atoms with E-state index in [0.717, 1.165) is 24.9 Å². The summed E-state index contributed by atoms with van der Waals surface area (Å²) in [7, 11) is 0. The van der Waals surface area contributed by atoms with Crippen LogP contribution in [0.15, 0.2) is 49.1 Å². The second-order valence-electron chi connectivity index (χ2n) is 4.89. The van der Waals surface area contributed by atoms with E-state index in [0.29, 0.717) is 10.3 Å². The minimum atomic E-state index is -0.0884. The number of hydrogen-bond donors (Lipinski definition) is 0. The lowest BCUT2D eigenvalue weighted by Crippen LogP contribution is -2.33. The third-order valence-corrected chi connectivity index (χ3v) is 3.63. The number of carbonyl (C=O) groups is 1. The molecule has 0 saturated carbocycles. The zero-order valence-corrected chi connectivity index (χ0v) is 11.0. The Labute approximate surface area is 117 Å². The van der Waals surface area contributed by atoms with Crippen LogP contribution < -0.4 is 4.73 Å². The number of amides is 1. The van der Waals surface area contributed by atoms with Gasteiger partial charge in [0.15, 0.2) is 12.4 Å². The first-order valence-corrected chi connectivity index (χ1v) is 6.65. The van der Waals surface area contributed by atoms with Crippen LogP contribution in [-0.2, 0) is 0 Å². The molecule has 1 saturated heterocycles. The van der Waals surface area contributed by atoms with E-state index in [1.165, 1.54) is 12.4 Å². The van der Waals surface area contributed by atoms with Crippen LogP contribution in [0.1, 0.15) is 34.8 Å². The third-order valence-electron chi connectivity index (χ3n) is 3.63. The first kappa shape index (κ1) is 12.6. The maximum Gasteiger partial charge on any atom is 0.260 e. The van der Waals surface area contributed by atoms with Crippen LogP contribution in [-0.4, -0.2) is 22.3 Å². The van der Waals surface area contributed by atoms with Gasteiger partial charge in [-0.05, 0) is 36.6 Å². The normalized spacial score (nSPS) is 18.2. The Morgan fingerprint density at radius 1 is 1.35 bits per heavy atom. The molecule has 3 rings (SSSR count). The van der Waals surface area contributed by atoms with E-state index in [9.17, 15) is 10.0 Å². The number of carbonyl (C=O) groups excluding carboxylic acids is 1. The van der Waals surface area contributed by atoms with E-state index in [2.05, 4.69) is 4.98 Å². The van der Waals surface area contributed by atoms with Crippen molar-refractivity contribution in [1.29, 1.82) is 0 Å². The highest BCUT2D eigenvalue weighted by molar-refractivity contribution is 5.94. The van der Waals surface area contributed by atoms with Gasteiger partial charge >= 0.3 is 0 Å². The van der Waals surface area contributed by atoms with Gasteiger partial charge < -0.3 is 10.1 Å². The van der Waals surface area contributed by atoms with Gasteiger partial charge in [0, 0.05) is 25.0 Å². The molecule has 3 heterocycles. The predicted octanol–water partition coefficient (Wildman–Crippen LogP) is 1.69. The minimum absolute atomic E-state index is 0.0748. The Bertz CT molecular complexity index is 616. The van der Waals surface area contributed by atoms with Gasteiger partial charge in [0.2, 0.25) is 0 Å². The van der Waals surface area contributed by atoms with Gasteiger partial charge in [-0.25, -0.2) is 0 Å². The van der Waals surface area contributed by atoms with Crippen LogP contribution in [0.3, 0.4) is 0 Å². The topological polar surface area (TPSA) is 60.1 Å². The average molecular weight is 269 g/mol. The molecule has 2 aromatic rings. The molecule has 0 N–H and O–H groups in total. The Balaban J connectivity index is 1.87. The smallest absolute Gasteiger partial charge is 0.260 e. The second kappa shape index (κ2) is 5.28. The zero-order chi connectivity index (χ0) is 13.9. The van der Waals surface area contributed by atoms with Gasteiger partial charge in [0.1, 0.15) is 5.56 Å². The van der Waals surface area contributed by atoms with Crippen LogP contribution in [0, 0.1) is 5.21 Å². The van der Waals surface area contributed by atoms with Gasteiger partial charge in [-0.3, -0.25) is 9.78 Å². The van der Waals surface area contributed by atoms with Crippen molar-refractivity contribution in [3.05, 3.63) is 65.4 Å². The number of likely N-dealkylation sites (tertiary alicyclic amines) is 1. The first-order valence-electron chi connectivity index (χ1n) is 6.65. The van der Waals surface area contributed by atoms with E-state index in [4.69, 9.17) is 0 Å². The van der Waals surface area contributed by atoms with Crippen LogP contribution >= 0.6 is 0 Å². The highest BCUT2D eigenvalue weighted by atomic mass is 16.5. The summed E-state index contributed by atoms with van der Waals surface area (Å²) in [5.41, 5.74) is 1.53. The molecule has 1 aliphatic heterocycles. The van der Waals surface area contributed by atoms with Crippen molar-refractivity contribution in [3.8, 4) is 0 Å². The van der Waals surface area contributed by atoms with Crippen molar-refractivity contribution in [2.24, 2.45) is 0 Å². The largest absolute Gasteiger partial charge is 0.619 e. The summed E-state index contributed by atoms with van der Waals surface area (Å²) in [4.78, 5) is 18.4. The molecule has 102 valence electrons. The quantitative estimate of drug-likeness (QED) is 0.615. The molecule has 1 amide bonds. The Morgan fingerprint density at radius 3 is 2.90 bits per heavy atom. The van der Waals surface area contributed by atoms with Crippen molar-refractivity contribution in [1.82, 2.24) is 9.88 Å². The van der Waals surface area contributed by atoms with Gasteiger partial charge in [-0.1, -0.05) is 0 Å². The molecule has 2 aromatic heterocycles. The monoisotopic (exact) mass is 269 g/mol. The van der Waals surface area contributed by atoms with Crippen molar-refractivity contribution in [3.63, 3.8) is 0 Å². The number of aromatic nitrogens is 2. The highest BCUT2D eigenvalue weighted by Gasteiger charge is 2.31. The molecule has 1 unspecified atom stereocenters. The SMILES string of the molecule is O=C(c1ccc[n+]([O-])c1)N1CCCC1c1ccncc1. The van der Waals surface area contributed by atoms with Gasteiger partial charge in [0.05, 0.1) is 6.04 Å². The lowest BCUT2D eigenvalue weighted by atomic mass is 10.1. The predicted molar refractivity (Wildman–Crippen MR) is 72.7 cm³/mol. The molecule has 5 nitrogen and oxygen atoms in total. The summed E-state index contributed by atoms with van der Waals surface area (Å²) >= 11 is 0. The van der Waals surface area contributed by atoms with Crippen molar-refractivity contribution in [2.45, 2.75) is 18.9 Å². The van der Waals surface area contributed by atoms with Crippen molar-refractivity contribution >= 4 is 5.91 Å². The lowest BCUT2D eigenvalue weighted by Gasteiger charge is -2.24. The molecule has 1 atom stereocenters. The zero-order valence-electron chi connectivity index (χ0n) is 11.0. The van der Waals surface area contributed by atoms with Gasteiger partial charge in [0.25, 0.3) is 5.91 Å². The maximum absolute atomic E-state index is 12.5. The fourth-order valence-corrected chi connectivity index (χ4v) is 2.69. The Morgan fingerprint density at radius 2 is 2.15 bits per heavy atom. The highest BCUT2D eigenvalue weighted by Crippen LogP contribution is 2.32. The molecule has 0 aromatic carbocycles. The minimum Gasteiger partial charge on any atom is -0.619 e. The molecule has 0 aliphatic carbocycles. The third kappa shape index (κ3) is 2.34. The van der Waals surface area contributed by atoms with Crippen LogP contribution in [0.2, 0.25) is 0 Å². The van der Waals surface area contributed by atoms with Crippen LogP contribution in [0.5, 0.6) is 0 Å². The summed E-state index contributed by atoms with van der Waals surface area (Å²) in [5.74, 6) is -0.0884. The van der Waals surface area contributed by atoms with Gasteiger partial charge in [-0.2, -0.15) is 4.73 Å². The van der Waals surface area contributed by atoms with Gasteiger partial charge in [-0.15, -0.1) is 0 Å². The maximum atomic E-state index is 12.5. The first-order chi connectivity index (χ1) is 9.75. The average Bonchev–Trinajstić information content (AvgIpc) is 2.97. The standard InChI is InChI=1S/C15H15N3O2/c19-15(13-3-1-9-17(20)11-13)18-10-2-4-14(18)12-5-7-16-8-6-12/h1,3,5-9,11,14H,2,4,10H2.